The predicted molar refractivity (Wildman–Crippen MR) is 117 cm³/mol. The smallest absolute Gasteiger partial charge is 0.290 e. The van der Waals surface area contributed by atoms with Crippen molar-refractivity contribution in [1.82, 2.24) is 20.6 Å². The Kier molecular flexibility index (Phi) is 6.59. The number of carbonyl (C=O) groups is 3. The highest BCUT2D eigenvalue weighted by Gasteiger charge is 2.17. The van der Waals surface area contributed by atoms with Crippen LogP contribution < -0.4 is 16.4 Å². The van der Waals surface area contributed by atoms with Crippen LogP contribution in [0.25, 0.3) is 10.8 Å². The molecule has 0 saturated carbocycles. The lowest BCUT2D eigenvalue weighted by molar-refractivity contribution is -0.121. The zero-order valence-corrected chi connectivity index (χ0v) is 17.7. The molecule has 0 aliphatic rings. The molecule has 2 amide bonds. The van der Waals surface area contributed by atoms with Crippen molar-refractivity contribution in [3.05, 3.63) is 75.2 Å². The van der Waals surface area contributed by atoms with Gasteiger partial charge in [0.2, 0.25) is 5.91 Å². The van der Waals surface area contributed by atoms with Crippen molar-refractivity contribution in [2.75, 3.05) is 0 Å². The monoisotopic (exact) mass is 420 g/mol. The first kappa shape index (κ1) is 21.9. The Labute approximate surface area is 179 Å². The molecule has 0 aliphatic heterocycles. The van der Waals surface area contributed by atoms with Gasteiger partial charge in [-0.3, -0.25) is 30.0 Å². The molecule has 0 saturated heterocycles. The molecule has 160 valence electrons. The number of hydrogen-bond donors (Lipinski definition) is 2. The van der Waals surface area contributed by atoms with Crippen molar-refractivity contribution in [3.63, 3.8) is 0 Å². The maximum atomic E-state index is 12.6. The summed E-state index contributed by atoms with van der Waals surface area (Å²) >= 11 is 0. The largest absolute Gasteiger partial charge is 0.294 e. The van der Waals surface area contributed by atoms with E-state index in [4.69, 9.17) is 0 Å². The van der Waals surface area contributed by atoms with Crippen LogP contribution in [0.5, 0.6) is 0 Å². The summed E-state index contributed by atoms with van der Waals surface area (Å²) in [7, 11) is 0. The van der Waals surface area contributed by atoms with Gasteiger partial charge in [-0.15, -0.1) is 0 Å². The number of aryl methyl sites for hydroxylation is 3. The number of ketones is 1. The van der Waals surface area contributed by atoms with E-state index in [1.165, 1.54) is 4.68 Å². The molecule has 1 heterocycles. The number of nitrogens with one attached hydrogen (secondary N) is 2. The molecule has 0 aliphatic carbocycles. The van der Waals surface area contributed by atoms with Gasteiger partial charge in [-0.25, -0.2) is 4.68 Å². The molecule has 0 unspecified atom stereocenters. The van der Waals surface area contributed by atoms with Gasteiger partial charge in [-0.2, -0.15) is 5.10 Å². The number of amides is 2. The molecule has 0 atom stereocenters. The van der Waals surface area contributed by atoms with E-state index in [1.54, 1.807) is 37.3 Å². The van der Waals surface area contributed by atoms with Gasteiger partial charge in [0.15, 0.2) is 11.5 Å². The van der Waals surface area contributed by atoms with Crippen LogP contribution in [0.3, 0.4) is 0 Å². The third kappa shape index (κ3) is 4.85. The molecule has 0 bridgehead atoms. The molecule has 31 heavy (non-hydrogen) atoms. The van der Waals surface area contributed by atoms with E-state index in [-0.39, 0.29) is 29.9 Å². The van der Waals surface area contributed by atoms with Crippen molar-refractivity contribution >= 4 is 28.4 Å². The van der Waals surface area contributed by atoms with E-state index in [9.17, 15) is 19.2 Å². The van der Waals surface area contributed by atoms with Crippen molar-refractivity contribution in [3.8, 4) is 0 Å². The van der Waals surface area contributed by atoms with Crippen LogP contribution >= 0.6 is 0 Å². The van der Waals surface area contributed by atoms with Crippen LogP contribution in [0.15, 0.2) is 47.3 Å². The summed E-state index contributed by atoms with van der Waals surface area (Å²) in [6.07, 6.45) is -0.0526. The molecule has 0 fully saturated rings. The average Bonchev–Trinajstić information content (AvgIpc) is 2.77. The molecular formula is C23H24N4O4. The molecule has 8 heteroatoms. The van der Waals surface area contributed by atoms with E-state index in [0.29, 0.717) is 22.9 Å². The lowest BCUT2D eigenvalue weighted by Crippen LogP contribution is -2.42. The van der Waals surface area contributed by atoms with E-state index in [1.807, 2.05) is 26.0 Å². The van der Waals surface area contributed by atoms with Crippen LogP contribution in [0, 0.1) is 13.8 Å². The van der Waals surface area contributed by atoms with E-state index < -0.39 is 11.8 Å². The highest BCUT2D eigenvalue weighted by atomic mass is 16.2. The summed E-state index contributed by atoms with van der Waals surface area (Å²) in [6.45, 7) is 5.80. The number of benzene rings is 2. The fourth-order valence-corrected chi connectivity index (χ4v) is 3.26. The second-order valence-corrected chi connectivity index (χ2v) is 7.26. The third-order valence-electron chi connectivity index (χ3n) is 4.97. The molecular weight excluding hydrogens is 396 g/mol. The van der Waals surface area contributed by atoms with Crippen LogP contribution in [0.1, 0.15) is 51.7 Å². The van der Waals surface area contributed by atoms with Crippen LogP contribution in [-0.2, 0) is 11.3 Å². The summed E-state index contributed by atoms with van der Waals surface area (Å²) in [5.74, 6) is -1.28. The Morgan fingerprint density at radius 3 is 2.39 bits per heavy atom. The summed E-state index contributed by atoms with van der Waals surface area (Å²) in [5.41, 5.74) is 6.79. The first-order chi connectivity index (χ1) is 14.8. The van der Waals surface area contributed by atoms with Gasteiger partial charge in [0, 0.05) is 30.3 Å². The van der Waals surface area contributed by atoms with Gasteiger partial charge in [0.05, 0.1) is 5.39 Å². The van der Waals surface area contributed by atoms with Gasteiger partial charge >= 0.3 is 0 Å². The average molecular weight is 420 g/mol. The summed E-state index contributed by atoms with van der Waals surface area (Å²) < 4.78 is 1.20. The molecule has 3 rings (SSSR count). The Bertz CT molecular complexity index is 1230. The molecule has 3 aromatic rings. The van der Waals surface area contributed by atoms with Gasteiger partial charge in [-0.05, 0) is 38.5 Å². The van der Waals surface area contributed by atoms with Gasteiger partial charge in [-0.1, -0.05) is 35.9 Å². The summed E-state index contributed by atoms with van der Waals surface area (Å²) in [4.78, 5) is 49.6. The SMILES string of the molecule is CCn1nc(C(=O)NNC(=O)CCC(=O)c2cc(C)ccc2C)c2ccccc2c1=O. The molecule has 8 nitrogen and oxygen atoms in total. The minimum Gasteiger partial charge on any atom is -0.294 e. The highest BCUT2D eigenvalue weighted by molar-refractivity contribution is 6.05. The van der Waals surface area contributed by atoms with Crippen molar-refractivity contribution in [2.24, 2.45) is 0 Å². The minimum absolute atomic E-state index is 0.0217. The standard InChI is InChI=1S/C23H24N4O4/c1-4-27-23(31)17-8-6-5-7-16(17)21(26-27)22(30)25-24-20(29)12-11-19(28)18-13-14(2)9-10-15(18)3/h5-10,13H,4,11-12H2,1-3H3,(H,24,29)(H,25,30). The number of carbonyl (C=O) groups excluding carboxylic acids is 3. The number of nitrogens with zero attached hydrogens (tertiary/aromatic N) is 2. The highest BCUT2D eigenvalue weighted by Crippen LogP contribution is 2.14. The summed E-state index contributed by atoms with van der Waals surface area (Å²) in [5, 5.41) is 4.88. The normalized spacial score (nSPS) is 10.7. The molecule has 2 aromatic carbocycles. The molecule has 0 spiro atoms. The van der Waals surface area contributed by atoms with E-state index >= 15 is 0 Å². The molecule has 0 radical (unpaired) electrons. The van der Waals surface area contributed by atoms with E-state index in [2.05, 4.69) is 16.0 Å². The summed E-state index contributed by atoms with van der Waals surface area (Å²) in [6, 6.07) is 12.3. The Balaban J connectivity index is 1.65. The first-order valence-electron chi connectivity index (χ1n) is 10.0. The zero-order valence-electron chi connectivity index (χ0n) is 17.7. The Hall–Kier alpha value is -3.81. The fraction of sp³-hybridized carbons (Fsp3) is 0.261. The number of rotatable bonds is 6. The van der Waals surface area contributed by atoms with E-state index in [0.717, 1.165) is 11.1 Å². The van der Waals surface area contributed by atoms with Crippen molar-refractivity contribution in [1.29, 1.82) is 0 Å². The molecule has 1 aromatic heterocycles. The van der Waals surface area contributed by atoms with Gasteiger partial charge in [0.25, 0.3) is 11.5 Å². The van der Waals surface area contributed by atoms with Gasteiger partial charge in [0.1, 0.15) is 0 Å². The maximum absolute atomic E-state index is 12.6. The first-order valence-corrected chi connectivity index (χ1v) is 10.0. The second kappa shape index (κ2) is 9.34. The van der Waals surface area contributed by atoms with Crippen LogP contribution in [0.2, 0.25) is 0 Å². The molecule has 2 N–H and O–H groups in total. The second-order valence-electron chi connectivity index (χ2n) is 7.26. The number of fused-ring (bicyclic) bond motifs is 1. The predicted octanol–water partition coefficient (Wildman–Crippen LogP) is 2.46. The van der Waals surface area contributed by atoms with Crippen molar-refractivity contribution in [2.45, 2.75) is 40.2 Å². The third-order valence-corrected chi connectivity index (χ3v) is 4.97. The van der Waals surface area contributed by atoms with Crippen LogP contribution in [0.4, 0.5) is 0 Å². The van der Waals surface area contributed by atoms with Crippen molar-refractivity contribution < 1.29 is 14.4 Å². The zero-order chi connectivity index (χ0) is 22.5. The minimum atomic E-state index is -0.646. The Morgan fingerprint density at radius 1 is 0.968 bits per heavy atom. The van der Waals surface area contributed by atoms with Crippen LogP contribution in [-0.4, -0.2) is 27.4 Å². The van der Waals surface area contributed by atoms with Gasteiger partial charge < -0.3 is 0 Å². The quantitative estimate of drug-likeness (QED) is 0.470. The lowest BCUT2D eigenvalue weighted by atomic mass is 9.99. The topological polar surface area (TPSA) is 110 Å². The number of aromatic nitrogens is 2. The lowest BCUT2D eigenvalue weighted by Gasteiger charge is -2.11. The number of hydrogen-bond acceptors (Lipinski definition) is 5. The maximum Gasteiger partial charge on any atom is 0.290 e. The fourth-order valence-electron chi connectivity index (χ4n) is 3.26. The number of hydrazine groups is 1. The Morgan fingerprint density at radius 2 is 1.68 bits per heavy atom. The number of Topliss-reactive ketones (excluding diaryl/α,β-unsaturated/α-hetero) is 1.